The summed E-state index contributed by atoms with van der Waals surface area (Å²) in [6, 6.07) is 13.9. The molecule has 0 spiro atoms. The molecule has 0 radical (unpaired) electrons. The van der Waals surface area contributed by atoms with Gasteiger partial charge in [-0.2, -0.15) is 0 Å². The van der Waals surface area contributed by atoms with Gasteiger partial charge in [-0.1, -0.05) is 53.2 Å². The highest BCUT2D eigenvalue weighted by Crippen LogP contribution is 2.20. The predicted octanol–water partition coefficient (Wildman–Crippen LogP) is 3.42. The predicted molar refractivity (Wildman–Crippen MR) is 89.6 cm³/mol. The van der Waals surface area contributed by atoms with E-state index in [1.54, 1.807) is 18.2 Å². The van der Waals surface area contributed by atoms with Crippen LogP contribution < -0.4 is 0 Å². The van der Waals surface area contributed by atoms with Gasteiger partial charge in [0.2, 0.25) is 0 Å². The highest BCUT2D eigenvalue weighted by Gasteiger charge is 2.15. The van der Waals surface area contributed by atoms with Crippen LogP contribution in [-0.2, 0) is 11.2 Å². The first-order chi connectivity index (χ1) is 11.3. The van der Waals surface area contributed by atoms with Crippen LogP contribution in [0.5, 0.6) is 0 Å². The first-order valence-electron chi connectivity index (χ1n) is 7.05. The third-order valence-corrected chi connectivity index (χ3v) is 3.05. The Hall–Kier alpha value is -3.22. The lowest BCUT2D eigenvalue weighted by atomic mass is 10.0. The molecule has 2 rings (SSSR count). The lowest BCUT2D eigenvalue weighted by molar-refractivity contribution is -0.385. The second kappa shape index (κ2) is 9.04. The van der Waals surface area contributed by atoms with Gasteiger partial charge in [0.25, 0.3) is 11.7 Å². The molecular weight excluding hydrogens is 312 g/mol. The molecule has 7 nitrogen and oxygen atoms in total. The number of nitrogens with zero attached hydrogens (tertiary/aromatic N) is 2. The fourth-order valence-corrected chi connectivity index (χ4v) is 1.96. The number of benzene rings is 2. The number of carboxylic acids is 1. The molecule has 0 saturated carbocycles. The summed E-state index contributed by atoms with van der Waals surface area (Å²) in [5.41, 5.74) is 2.79. The summed E-state index contributed by atoms with van der Waals surface area (Å²) in [6.07, 6.45) is 0.205. The molecule has 0 unspecified atom stereocenters. The summed E-state index contributed by atoms with van der Waals surface area (Å²) in [7, 11) is 0. The van der Waals surface area contributed by atoms with Gasteiger partial charge in [-0.05, 0) is 12.5 Å². The first kappa shape index (κ1) is 18.8. The molecule has 0 atom stereocenters. The van der Waals surface area contributed by atoms with Gasteiger partial charge in [0, 0.05) is 25.0 Å². The van der Waals surface area contributed by atoms with Gasteiger partial charge in [0.05, 0.1) is 10.6 Å². The molecule has 0 fully saturated rings. The van der Waals surface area contributed by atoms with E-state index in [1.165, 1.54) is 6.07 Å². The minimum Gasteiger partial charge on any atom is -0.481 e. The highest BCUT2D eigenvalue weighted by molar-refractivity contribution is 6.01. The third-order valence-electron chi connectivity index (χ3n) is 3.05. The summed E-state index contributed by atoms with van der Waals surface area (Å²) >= 11 is 0. The van der Waals surface area contributed by atoms with Crippen molar-refractivity contribution in [3.05, 3.63) is 75.3 Å². The SMILES string of the molecule is CC(=O)O.Cc1ccc(C(Cc2ccccc2[N+](=O)[O-])=NO)cc1. The fourth-order valence-electron chi connectivity index (χ4n) is 1.96. The van der Waals surface area contributed by atoms with Crippen LogP contribution in [0.1, 0.15) is 23.6 Å². The van der Waals surface area contributed by atoms with E-state index < -0.39 is 10.9 Å². The monoisotopic (exact) mass is 330 g/mol. The second-order valence-corrected chi connectivity index (χ2v) is 4.99. The van der Waals surface area contributed by atoms with Crippen LogP contribution in [0.4, 0.5) is 5.69 Å². The average molecular weight is 330 g/mol. The topological polar surface area (TPSA) is 113 Å². The van der Waals surface area contributed by atoms with E-state index in [0.717, 1.165) is 18.1 Å². The Kier molecular flexibility index (Phi) is 7.09. The Labute approximate surface area is 139 Å². The average Bonchev–Trinajstić information content (AvgIpc) is 2.53. The maximum atomic E-state index is 11.0. The van der Waals surface area contributed by atoms with Crippen molar-refractivity contribution in [1.82, 2.24) is 0 Å². The van der Waals surface area contributed by atoms with E-state index in [-0.39, 0.29) is 12.1 Å². The van der Waals surface area contributed by atoms with E-state index in [9.17, 15) is 10.1 Å². The first-order valence-corrected chi connectivity index (χ1v) is 7.05. The van der Waals surface area contributed by atoms with Crippen molar-refractivity contribution in [2.24, 2.45) is 5.16 Å². The molecule has 2 N–H and O–H groups in total. The number of hydrogen-bond donors (Lipinski definition) is 2. The maximum Gasteiger partial charge on any atom is 0.300 e. The van der Waals surface area contributed by atoms with Crippen molar-refractivity contribution in [1.29, 1.82) is 0 Å². The van der Waals surface area contributed by atoms with Crippen LogP contribution in [-0.4, -0.2) is 26.9 Å². The molecule has 2 aromatic rings. The Morgan fingerprint density at radius 2 is 1.71 bits per heavy atom. The zero-order valence-corrected chi connectivity index (χ0v) is 13.3. The molecule has 0 saturated heterocycles. The molecule has 0 aliphatic rings. The largest absolute Gasteiger partial charge is 0.481 e. The van der Waals surface area contributed by atoms with E-state index in [2.05, 4.69) is 5.16 Å². The molecule has 0 aliphatic heterocycles. The highest BCUT2D eigenvalue weighted by atomic mass is 16.6. The second-order valence-electron chi connectivity index (χ2n) is 4.99. The van der Waals surface area contributed by atoms with Gasteiger partial charge < -0.3 is 10.3 Å². The Morgan fingerprint density at radius 1 is 1.17 bits per heavy atom. The summed E-state index contributed by atoms with van der Waals surface area (Å²) < 4.78 is 0. The fraction of sp³-hybridized carbons (Fsp3) is 0.176. The van der Waals surface area contributed by atoms with Crippen molar-refractivity contribution in [2.75, 3.05) is 0 Å². The lowest BCUT2D eigenvalue weighted by Gasteiger charge is -2.06. The van der Waals surface area contributed by atoms with Crippen LogP contribution in [0.25, 0.3) is 0 Å². The van der Waals surface area contributed by atoms with Crippen molar-refractivity contribution in [2.45, 2.75) is 20.3 Å². The molecule has 2 aromatic carbocycles. The molecule has 0 heterocycles. The number of nitro groups is 1. The van der Waals surface area contributed by atoms with Crippen LogP contribution >= 0.6 is 0 Å². The van der Waals surface area contributed by atoms with Gasteiger partial charge in [-0.25, -0.2) is 0 Å². The molecule has 0 aromatic heterocycles. The molecule has 0 amide bonds. The standard InChI is InChI=1S/C15H14N2O3.C2H4O2/c1-11-6-8-12(9-7-11)14(16-18)10-13-4-2-3-5-15(13)17(19)20;1-2(3)4/h2-9,18H,10H2,1H3;1H3,(H,3,4). The number of aliphatic carboxylic acids is 1. The number of aryl methyl sites for hydroxylation is 1. The minimum absolute atomic E-state index is 0.0285. The minimum atomic E-state index is -0.833. The number of carboxylic acid groups (broad SMARTS) is 1. The number of carbonyl (C=O) groups is 1. The van der Waals surface area contributed by atoms with Gasteiger partial charge in [-0.15, -0.1) is 0 Å². The van der Waals surface area contributed by atoms with Crippen molar-refractivity contribution in [3.63, 3.8) is 0 Å². The lowest BCUT2D eigenvalue weighted by Crippen LogP contribution is -2.07. The number of hydrogen-bond acceptors (Lipinski definition) is 5. The third kappa shape index (κ3) is 5.88. The van der Waals surface area contributed by atoms with Gasteiger partial charge in [-0.3, -0.25) is 14.9 Å². The van der Waals surface area contributed by atoms with Crippen molar-refractivity contribution in [3.8, 4) is 0 Å². The van der Waals surface area contributed by atoms with Crippen LogP contribution in [0.2, 0.25) is 0 Å². The maximum absolute atomic E-state index is 11.0. The van der Waals surface area contributed by atoms with E-state index >= 15 is 0 Å². The summed E-state index contributed by atoms with van der Waals surface area (Å²) in [5, 5.41) is 30.8. The normalized spacial score (nSPS) is 10.5. The summed E-state index contributed by atoms with van der Waals surface area (Å²) in [6.45, 7) is 3.04. The molecule has 126 valence electrons. The smallest absolute Gasteiger partial charge is 0.300 e. The van der Waals surface area contributed by atoms with E-state index in [4.69, 9.17) is 15.1 Å². The number of oxime groups is 1. The Bertz CT molecular complexity index is 735. The van der Waals surface area contributed by atoms with E-state index in [0.29, 0.717) is 11.3 Å². The van der Waals surface area contributed by atoms with E-state index in [1.807, 2.05) is 31.2 Å². The van der Waals surface area contributed by atoms with Crippen molar-refractivity contribution < 1.29 is 20.0 Å². The molecule has 7 heteroatoms. The summed E-state index contributed by atoms with van der Waals surface area (Å²) in [5.74, 6) is -0.833. The molecule has 0 bridgehead atoms. The van der Waals surface area contributed by atoms with Crippen LogP contribution in [0.15, 0.2) is 53.7 Å². The van der Waals surface area contributed by atoms with Crippen LogP contribution in [0.3, 0.4) is 0 Å². The molecule has 24 heavy (non-hydrogen) atoms. The number of rotatable bonds is 4. The summed E-state index contributed by atoms with van der Waals surface area (Å²) in [4.78, 5) is 19.5. The van der Waals surface area contributed by atoms with Gasteiger partial charge in [0.1, 0.15) is 0 Å². The quantitative estimate of drug-likeness (QED) is 0.386. The van der Waals surface area contributed by atoms with Gasteiger partial charge in [0.15, 0.2) is 0 Å². The number of para-hydroxylation sites is 1. The molecule has 0 aliphatic carbocycles. The van der Waals surface area contributed by atoms with Crippen LogP contribution in [0, 0.1) is 17.0 Å². The zero-order chi connectivity index (χ0) is 18.1. The van der Waals surface area contributed by atoms with Crippen molar-refractivity contribution >= 4 is 17.4 Å². The Balaban J connectivity index is 0.000000648. The Morgan fingerprint density at radius 3 is 2.21 bits per heavy atom. The molecular formula is C17H18N2O5. The van der Waals surface area contributed by atoms with Gasteiger partial charge >= 0.3 is 0 Å². The zero-order valence-electron chi connectivity index (χ0n) is 13.3. The number of nitro benzene ring substituents is 1.